The van der Waals surface area contributed by atoms with Gasteiger partial charge in [0.2, 0.25) is 0 Å². The van der Waals surface area contributed by atoms with Crippen LogP contribution in [0.1, 0.15) is 98.8 Å². The maximum atomic E-state index is 11.8. The third-order valence-corrected chi connectivity index (χ3v) is 11.0. The molecule has 8 atom stereocenters. The minimum absolute atomic E-state index is 0.0401. The first-order valence-electron chi connectivity index (χ1n) is 13.3. The summed E-state index contributed by atoms with van der Waals surface area (Å²) in [5.41, 5.74) is 1.64. The third-order valence-electron chi connectivity index (χ3n) is 10.7. The highest BCUT2D eigenvalue weighted by Gasteiger charge is 2.59. The molecule has 4 rings (SSSR count). The van der Waals surface area contributed by atoms with Crippen molar-refractivity contribution >= 4 is 20.2 Å². The Morgan fingerprint density at radius 2 is 2.00 bits per heavy atom. The molecule has 4 aliphatic rings. The quantitative estimate of drug-likeness (QED) is 0.212. The van der Waals surface area contributed by atoms with E-state index >= 15 is 0 Å². The van der Waals surface area contributed by atoms with Gasteiger partial charge in [0.05, 0.1) is 5.54 Å². The number of nitrogens with zero attached hydrogens (tertiary/aromatic N) is 1. The van der Waals surface area contributed by atoms with Crippen molar-refractivity contribution in [3.8, 4) is 0 Å². The van der Waals surface area contributed by atoms with Gasteiger partial charge in [-0.25, -0.2) is 4.79 Å². The van der Waals surface area contributed by atoms with Crippen LogP contribution in [-0.4, -0.2) is 23.7 Å². The Hall–Kier alpha value is -1.02. The number of carbonyl (C=O) groups excluding carboxylic acids is 1. The molecule has 2 unspecified atom stereocenters. The number of allylic oxidation sites excluding steroid dienone is 1. The molecule has 0 radical (unpaired) electrons. The minimum atomic E-state index is -0.440. The van der Waals surface area contributed by atoms with E-state index in [1.54, 1.807) is 5.57 Å². The second-order valence-electron chi connectivity index (χ2n) is 12.8. The van der Waals surface area contributed by atoms with Gasteiger partial charge in [-0.1, -0.05) is 43.9 Å². The number of carbonyl (C=O) groups is 1. The molecule has 0 aromatic rings. The fourth-order valence-electron chi connectivity index (χ4n) is 8.71. The second kappa shape index (κ2) is 9.21. The van der Waals surface area contributed by atoms with Gasteiger partial charge in [-0.2, -0.15) is 4.91 Å². The monoisotopic (exact) mass is 473 g/mol. The van der Waals surface area contributed by atoms with E-state index in [4.69, 9.17) is 4.74 Å². The molecule has 5 heteroatoms. The van der Waals surface area contributed by atoms with Crippen LogP contribution >= 0.6 is 8.20 Å². The number of hydrogen-bond donors (Lipinski definition) is 0. The van der Waals surface area contributed by atoms with Crippen LogP contribution in [-0.2, 0) is 4.74 Å². The molecule has 0 amide bonds. The fourth-order valence-corrected chi connectivity index (χ4v) is 8.93. The van der Waals surface area contributed by atoms with Crippen molar-refractivity contribution in [1.82, 2.24) is 0 Å². The van der Waals surface area contributed by atoms with Gasteiger partial charge in [0.15, 0.2) is 0 Å². The van der Waals surface area contributed by atoms with Crippen molar-refractivity contribution in [1.29, 1.82) is 0 Å². The molecule has 0 bridgehead atoms. The number of ether oxygens (including phenoxy) is 1. The highest BCUT2D eigenvalue weighted by molar-refractivity contribution is 7.55. The molecule has 4 aliphatic carbocycles. The van der Waals surface area contributed by atoms with E-state index in [1.807, 2.05) is 13.8 Å². The number of hydrogen-bond acceptors (Lipinski definition) is 4. The van der Waals surface area contributed by atoms with Crippen molar-refractivity contribution in [2.24, 2.45) is 45.6 Å². The molecule has 0 spiro atoms. The summed E-state index contributed by atoms with van der Waals surface area (Å²) < 4.78 is 5.67. The van der Waals surface area contributed by atoms with Crippen molar-refractivity contribution in [3.63, 3.8) is 0 Å². The first-order chi connectivity index (χ1) is 15.5. The first kappa shape index (κ1) is 25.1. The highest BCUT2D eigenvalue weighted by atomic mass is 31.1. The van der Waals surface area contributed by atoms with Gasteiger partial charge >= 0.3 is 5.71 Å². The zero-order chi connectivity index (χ0) is 24.0. The molecule has 0 aromatic carbocycles. The normalized spacial score (nSPS) is 41.4. The summed E-state index contributed by atoms with van der Waals surface area (Å²) in [6, 6.07) is 0. The summed E-state index contributed by atoms with van der Waals surface area (Å²) in [5.74, 6) is 3.79. The van der Waals surface area contributed by atoms with Crippen molar-refractivity contribution in [2.45, 2.75) is 110 Å². The molecule has 0 heterocycles. The molecule has 3 saturated carbocycles. The first-order valence-corrected chi connectivity index (χ1v) is 14.3. The van der Waals surface area contributed by atoms with Crippen LogP contribution in [0.5, 0.6) is 0 Å². The number of nitroso groups, excluding NO2 is 1. The van der Waals surface area contributed by atoms with Crippen LogP contribution in [0.3, 0.4) is 0 Å². The molecular formula is C28H44NO3P. The Balaban J connectivity index is 1.47. The zero-order valence-corrected chi connectivity index (χ0v) is 22.3. The van der Waals surface area contributed by atoms with E-state index in [0.29, 0.717) is 19.5 Å². The fraction of sp³-hybridized carbons (Fsp3) is 0.857. The minimum Gasteiger partial charge on any atom is -0.456 e. The van der Waals surface area contributed by atoms with Crippen LogP contribution in [0.2, 0.25) is 0 Å². The maximum Gasteiger partial charge on any atom is 0.355 e. The Morgan fingerprint density at radius 1 is 1.24 bits per heavy atom. The van der Waals surface area contributed by atoms with Crippen molar-refractivity contribution < 1.29 is 9.53 Å². The Kier molecular flexibility index (Phi) is 7.00. The van der Waals surface area contributed by atoms with Gasteiger partial charge in [-0.15, -0.1) is 0 Å². The largest absolute Gasteiger partial charge is 0.456 e. The molecule has 4 nitrogen and oxygen atoms in total. The van der Waals surface area contributed by atoms with Crippen LogP contribution in [0.15, 0.2) is 16.8 Å². The molecule has 3 fully saturated rings. The summed E-state index contributed by atoms with van der Waals surface area (Å²) in [5, 5.41) is 3.36. The maximum absolute atomic E-state index is 11.8. The zero-order valence-electron chi connectivity index (χ0n) is 21.4. The Labute approximate surface area is 202 Å². The molecule has 0 N–H and O–H groups in total. The topological polar surface area (TPSA) is 55.7 Å². The van der Waals surface area contributed by atoms with E-state index in [2.05, 4.69) is 38.3 Å². The van der Waals surface area contributed by atoms with Crippen LogP contribution in [0, 0.1) is 45.3 Å². The van der Waals surface area contributed by atoms with Gasteiger partial charge < -0.3 is 4.74 Å². The van der Waals surface area contributed by atoms with E-state index in [9.17, 15) is 9.70 Å². The summed E-state index contributed by atoms with van der Waals surface area (Å²) in [6.07, 6.45) is 17.9. The standard InChI is InChI=1S/C28H44NO3P/c1-18(11-14-26(2,3)29-31)22-9-10-23-21-8-7-19-17-20(32-25(30)33-6)12-15-27(19,4)24(21)13-16-28(22,23)5/h7,18,20-24H,6,8-17H2,1-5H3/t18-,20+,21?,22-,23+,24?,27+,28-/m1/s1. The average molecular weight is 474 g/mol. The van der Waals surface area contributed by atoms with E-state index in [0.717, 1.165) is 55.8 Å². The van der Waals surface area contributed by atoms with Gasteiger partial charge in [0.1, 0.15) is 6.10 Å². The average Bonchev–Trinajstić information content (AvgIpc) is 3.15. The third kappa shape index (κ3) is 4.51. The van der Waals surface area contributed by atoms with Gasteiger partial charge in [-0.3, -0.25) is 0 Å². The highest BCUT2D eigenvalue weighted by Crippen LogP contribution is 2.67. The summed E-state index contributed by atoms with van der Waals surface area (Å²) in [7, 11) is 0.459. The Bertz CT molecular complexity index is 822. The summed E-state index contributed by atoms with van der Waals surface area (Å²) >= 11 is 0. The lowest BCUT2D eigenvalue weighted by Crippen LogP contribution is -2.51. The molecule has 0 aromatic heterocycles. The molecular weight excluding hydrogens is 429 g/mol. The van der Waals surface area contributed by atoms with Gasteiger partial charge in [0.25, 0.3) is 0 Å². The molecule has 184 valence electrons. The lowest BCUT2D eigenvalue weighted by Gasteiger charge is -2.58. The smallest absolute Gasteiger partial charge is 0.355 e. The summed E-state index contributed by atoms with van der Waals surface area (Å²) in [4.78, 5) is 22.9. The lowest BCUT2D eigenvalue weighted by molar-refractivity contribution is -0.0575. The van der Waals surface area contributed by atoms with Crippen LogP contribution < -0.4 is 0 Å². The number of rotatable bonds is 7. The van der Waals surface area contributed by atoms with Crippen molar-refractivity contribution in [3.05, 3.63) is 16.6 Å². The summed E-state index contributed by atoms with van der Waals surface area (Å²) in [6.45, 7) is 11.5. The predicted octanol–water partition coefficient (Wildman–Crippen LogP) is 8.41. The Morgan fingerprint density at radius 3 is 2.70 bits per heavy atom. The molecule has 0 saturated heterocycles. The lowest BCUT2D eigenvalue weighted by atomic mass is 9.47. The van der Waals surface area contributed by atoms with E-state index < -0.39 is 5.54 Å². The molecule has 33 heavy (non-hydrogen) atoms. The van der Waals surface area contributed by atoms with E-state index in [-0.39, 0.29) is 17.2 Å². The predicted molar refractivity (Wildman–Crippen MR) is 138 cm³/mol. The SMILES string of the molecule is C=PC(=O)O[C@H]1CC[C@@]2(C)C(=CCC3C2CC[C@]2(C)[C@@H]([C@H](C)CCC(C)(C)N=O)CC[C@@H]32)C1. The van der Waals surface area contributed by atoms with Crippen molar-refractivity contribution in [2.75, 3.05) is 0 Å². The van der Waals surface area contributed by atoms with Gasteiger partial charge in [0, 0.05) is 14.6 Å². The van der Waals surface area contributed by atoms with Gasteiger partial charge in [-0.05, 0) is 112 Å². The van der Waals surface area contributed by atoms with Crippen LogP contribution in [0.4, 0.5) is 4.79 Å². The molecule has 0 aliphatic heterocycles. The second-order valence-corrected chi connectivity index (χ2v) is 13.5. The van der Waals surface area contributed by atoms with Crippen LogP contribution in [0.25, 0.3) is 0 Å². The van der Waals surface area contributed by atoms with E-state index in [1.165, 1.54) is 32.1 Å². The number of fused-ring (bicyclic) bond motifs is 5.